The van der Waals surface area contributed by atoms with Crippen LogP contribution in [0.1, 0.15) is 15.9 Å². The molecule has 0 saturated heterocycles. The molecule has 0 saturated carbocycles. The molecule has 26 heavy (non-hydrogen) atoms. The Hall–Kier alpha value is -3.74. The molecule has 3 heterocycles. The predicted molar refractivity (Wildman–Crippen MR) is 95.0 cm³/mol. The number of hydrogen-bond acceptors (Lipinski definition) is 5. The highest BCUT2D eigenvalue weighted by Crippen LogP contribution is 2.13. The van der Waals surface area contributed by atoms with Crippen LogP contribution in [0.25, 0.3) is 16.8 Å². The fourth-order valence-electron chi connectivity index (χ4n) is 2.60. The van der Waals surface area contributed by atoms with Crippen molar-refractivity contribution >= 4 is 16.9 Å². The Morgan fingerprint density at radius 1 is 1.15 bits per heavy atom. The second-order valence-electron chi connectivity index (χ2n) is 5.66. The number of amides is 1. The molecule has 1 amide bonds. The third kappa shape index (κ3) is 3.10. The lowest BCUT2D eigenvalue weighted by molar-refractivity contribution is 0.0947. The normalized spacial score (nSPS) is 10.8. The molecule has 0 aliphatic heterocycles. The largest absolute Gasteiger partial charge is 0.422 e. The monoisotopic (exact) mass is 346 g/mol. The lowest BCUT2D eigenvalue weighted by atomic mass is 10.1. The molecule has 0 bridgehead atoms. The van der Waals surface area contributed by atoms with E-state index in [9.17, 15) is 9.59 Å². The van der Waals surface area contributed by atoms with Crippen LogP contribution in [0.4, 0.5) is 0 Å². The van der Waals surface area contributed by atoms with Gasteiger partial charge in [-0.2, -0.15) is 0 Å². The van der Waals surface area contributed by atoms with Gasteiger partial charge < -0.3 is 9.73 Å². The van der Waals surface area contributed by atoms with Crippen molar-refractivity contribution in [2.75, 3.05) is 0 Å². The molecule has 7 nitrogen and oxygen atoms in total. The van der Waals surface area contributed by atoms with Gasteiger partial charge in [0.25, 0.3) is 5.91 Å². The van der Waals surface area contributed by atoms with E-state index in [2.05, 4.69) is 15.3 Å². The molecule has 4 aromatic rings. The summed E-state index contributed by atoms with van der Waals surface area (Å²) in [5.41, 5.74) is 0.623. The first-order valence-corrected chi connectivity index (χ1v) is 7.95. The summed E-state index contributed by atoms with van der Waals surface area (Å²) in [4.78, 5) is 32.7. The fourth-order valence-corrected chi connectivity index (χ4v) is 2.60. The first-order chi connectivity index (χ1) is 12.7. The van der Waals surface area contributed by atoms with Gasteiger partial charge in [-0.05, 0) is 29.8 Å². The Morgan fingerprint density at radius 2 is 2.04 bits per heavy atom. The molecular formula is C19H14N4O3. The number of imidazole rings is 1. The summed E-state index contributed by atoms with van der Waals surface area (Å²) in [6.45, 7) is 0.259. The average molecular weight is 346 g/mol. The number of carbonyl (C=O) groups is 1. The van der Waals surface area contributed by atoms with E-state index in [4.69, 9.17) is 4.42 Å². The number of benzene rings is 1. The Balaban J connectivity index is 1.53. The predicted octanol–water partition coefficient (Wildman–Crippen LogP) is 2.30. The minimum Gasteiger partial charge on any atom is -0.422 e. The van der Waals surface area contributed by atoms with E-state index in [0.29, 0.717) is 16.8 Å². The van der Waals surface area contributed by atoms with E-state index in [-0.39, 0.29) is 12.1 Å². The maximum Gasteiger partial charge on any atom is 0.349 e. The molecule has 0 radical (unpaired) electrons. The van der Waals surface area contributed by atoms with E-state index in [0.717, 1.165) is 5.56 Å². The quantitative estimate of drug-likeness (QED) is 0.573. The van der Waals surface area contributed by atoms with Crippen LogP contribution in [0.15, 0.2) is 76.6 Å². The van der Waals surface area contributed by atoms with Crippen LogP contribution >= 0.6 is 0 Å². The van der Waals surface area contributed by atoms with Crippen molar-refractivity contribution in [1.82, 2.24) is 19.9 Å². The molecule has 0 atom stereocenters. The lowest BCUT2D eigenvalue weighted by Crippen LogP contribution is -2.27. The third-order valence-corrected chi connectivity index (χ3v) is 3.92. The SMILES string of the molecule is O=C(NCc1ccnc(-n2ccnc2)c1)c1cc2ccccc2oc1=O. The molecule has 4 rings (SSSR count). The fraction of sp³-hybridized carbons (Fsp3) is 0.0526. The van der Waals surface area contributed by atoms with Crippen molar-refractivity contribution in [1.29, 1.82) is 0 Å². The zero-order valence-electron chi connectivity index (χ0n) is 13.6. The summed E-state index contributed by atoms with van der Waals surface area (Å²) in [5.74, 6) is 0.213. The van der Waals surface area contributed by atoms with Crippen LogP contribution < -0.4 is 10.9 Å². The number of carbonyl (C=O) groups excluding carboxylic acids is 1. The molecule has 0 aliphatic rings. The first kappa shape index (κ1) is 15.8. The first-order valence-electron chi connectivity index (χ1n) is 7.95. The highest BCUT2D eigenvalue weighted by Gasteiger charge is 2.13. The number of para-hydroxylation sites is 1. The molecule has 1 N–H and O–H groups in total. The van der Waals surface area contributed by atoms with Gasteiger partial charge in [0.05, 0.1) is 0 Å². The number of pyridine rings is 1. The zero-order valence-corrected chi connectivity index (χ0v) is 13.6. The summed E-state index contributed by atoms with van der Waals surface area (Å²) in [6.07, 6.45) is 6.74. The summed E-state index contributed by atoms with van der Waals surface area (Å²) < 4.78 is 6.96. The zero-order chi connectivity index (χ0) is 17.9. The number of fused-ring (bicyclic) bond motifs is 1. The average Bonchev–Trinajstić information content (AvgIpc) is 3.20. The van der Waals surface area contributed by atoms with Crippen molar-refractivity contribution in [3.8, 4) is 5.82 Å². The van der Waals surface area contributed by atoms with Gasteiger partial charge in [-0.25, -0.2) is 14.8 Å². The molecule has 128 valence electrons. The molecule has 3 aromatic heterocycles. The molecule has 0 spiro atoms. The van der Waals surface area contributed by atoms with E-state index >= 15 is 0 Å². The maximum atomic E-state index is 12.4. The second kappa shape index (κ2) is 6.64. The Bertz CT molecular complexity index is 1130. The third-order valence-electron chi connectivity index (χ3n) is 3.92. The molecule has 0 aliphatic carbocycles. The van der Waals surface area contributed by atoms with Crippen LogP contribution in [0, 0.1) is 0 Å². The van der Waals surface area contributed by atoms with E-state index in [1.54, 1.807) is 59.8 Å². The highest BCUT2D eigenvalue weighted by atomic mass is 16.4. The van der Waals surface area contributed by atoms with Crippen LogP contribution in [0.2, 0.25) is 0 Å². The van der Waals surface area contributed by atoms with E-state index in [1.807, 2.05) is 12.1 Å². The minimum absolute atomic E-state index is 0.0208. The lowest BCUT2D eigenvalue weighted by Gasteiger charge is -2.07. The highest BCUT2D eigenvalue weighted by molar-refractivity contribution is 5.96. The van der Waals surface area contributed by atoms with Crippen LogP contribution in [-0.4, -0.2) is 20.4 Å². The summed E-state index contributed by atoms with van der Waals surface area (Å²) in [7, 11) is 0. The standard InChI is InChI=1S/C19H14N4O3/c24-18(15-10-14-3-1-2-4-16(14)26-19(15)25)22-11-13-5-6-21-17(9-13)23-8-7-20-12-23/h1-10,12H,11H2,(H,22,24). The van der Waals surface area contributed by atoms with E-state index in [1.165, 1.54) is 0 Å². The van der Waals surface area contributed by atoms with Crippen molar-refractivity contribution in [2.24, 2.45) is 0 Å². The van der Waals surface area contributed by atoms with E-state index < -0.39 is 11.5 Å². The van der Waals surface area contributed by atoms with Crippen LogP contribution in [0.5, 0.6) is 0 Å². The van der Waals surface area contributed by atoms with Gasteiger partial charge in [0, 0.05) is 30.5 Å². The van der Waals surface area contributed by atoms with Crippen LogP contribution in [-0.2, 0) is 6.54 Å². The Kier molecular flexibility index (Phi) is 4.03. The van der Waals surface area contributed by atoms with Gasteiger partial charge >= 0.3 is 5.63 Å². The number of rotatable bonds is 4. The molecule has 7 heteroatoms. The number of nitrogens with zero attached hydrogens (tertiary/aromatic N) is 3. The van der Waals surface area contributed by atoms with Crippen molar-refractivity contribution in [2.45, 2.75) is 6.54 Å². The maximum absolute atomic E-state index is 12.4. The van der Waals surface area contributed by atoms with Gasteiger partial charge in [0.2, 0.25) is 0 Å². The van der Waals surface area contributed by atoms with Crippen molar-refractivity contribution < 1.29 is 9.21 Å². The number of hydrogen-bond donors (Lipinski definition) is 1. The summed E-state index contributed by atoms with van der Waals surface area (Å²) in [6, 6.07) is 12.2. The van der Waals surface area contributed by atoms with Gasteiger partial charge in [-0.3, -0.25) is 9.36 Å². The number of aromatic nitrogens is 3. The van der Waals surface area contributed by atoms with Crippen molar-refractivity contribution in [3.63, 3.8) is 0 Å². The summed E-state index contributed by atoms with van der Waals surface area (Å²) in [5, 5.41) is 3.44. The van der Waals surface area contributed by atoms with Gasteiger partial charge in [-0.15, -0.1) is 0 Å². The number of nitrogens with one attached hydrogen (secondary N) is 1. The molecule has 1 aromatic carbocycles. The van der Waals surface area contributed by atoms with Gasteiger partial charge in [0.15, 0.2) is 0 Å². The smallest absolute Gasteiger partial charge is 0.349 e. The summed E-state index contributed by atoms with van der Waals surface area (Å²) >= 11 is 0. The topological polar surface area (TPSA) is 90.0 Å². The van der Waals surface area contributed by atoms with Crippen LogP contribution in [0.3, 0.4) is 0 Å². The molecule has 0 unspecified atom stereocenters. The minimum atomic E-state index is -0.657. The molecular weight excluding hydrogens is 332 g/mol. The Labute approximate surface area is 147 Å². The van der Waals surface area contributed by atoms with Crippen molar-refractivity contribution in [3.05, 3.63) is 88.9 Å². The Morgan fingerprint density at radius 3 is 2.88 bits per heavy atom. The second-order valence-corrected chi connectivity index (χ2v) is 5.66. The van der Waals surface area contributed by atoms with Gasteiger partial charge in [-0.1, -0.05) is 18.2 Å². The molecule has 0 fully saturated rings. The van der Waals surface area contributed by atoms with Gasteiger partial charge in [0.1, 0.15) is 23.3 Å².